The zero-order valence-corrected chi connectivity index (χ0v) is 9.14. The summed E-state index contributed by atoms with van der Waals surface area (Å²) in [7, 11) is 0. The Bertz CT molecular complexity index is 581. The van der Waals surface area contributed by atoms with Crippen LogP contribution in [-0.4, -0.2) is 12.4 Å². The number of nitrogens with zero attached hydrogens (tertiary/aromatic N) is 2. The van der Waals surface area contributed by atoms with Crippen molar-refractivity contribution in [3.8, 4) is 0 Å². The maximum Gasteiger partial charge on any atom is 0.160 e. The smallest absolute Gasteiger partial charge is 0.160 e. The molecule has 2 aromatic rings. The molecule has 80 valence electrons. The van der Waals surface area contributed by atoms with Crippen molar-refractivity contribution in [3.05, 3.63) is 42.0 Å². The number of hydrogen-bond acceptors (Lipinski definition) is 2. The van der Waals surface area contributed by atoms with Crippen molar-refractivity contribution < 1.29 is 0 Å². The fourth-order valence-electron chi connectivity index (χ4n) is 2.45. The second kappa shape index (κ2) is 3.23. The Morgan fingerprint density at radius 3 is 2.62 bits per heavy atom. The molecule has 3 nitrogen and oxygen atoms in total. The van der Waals surface area contributed by atoms with Gasteiger partial charge in [-0.15, -0.1) is 0 Å². The highest BCUT2D eigenvalue weighted by Crippen LogP contribution is 2.36. The number of hydrogen-bond donors (Lipinski definition) is 1. The zero-order chi connectivity index (χ0) is 11.1. The highest BCUT2D eigenvalue weighted by atomic mass is 15.3. The number of anilines is 1. The molecule has 2 aromatic carbocycles. The SMILES string of the molecule is CCN1C(=NN)c2cccc3cccc1c23. The van der Waals surface area contributed by atoms with Crippen LogP contribution in [0.5, 0.6) is 0 Å². The summed E-state index contributed by atoms with van der Waals surface area (Å²) < 4.78 is 0. The lowest BCUT2D eigenvalue weighted by molar-refractivity contribution is 1.05. The molecule has 3 heteroatoms. The van der Waals surface area contributed by atoms with Gasteiger partial charge in [-0.1, -0.05) is 30.3 Å². The molecule has 0 amide bonds. The highest BCUT2D eigenvalue weighted by molar-refractivity contribution is 6.27. The summed E-state index contributed by atoms with van der Waals surface area (Å²) in [5.41, 5.74) is 2.34. The van der Waals surface area contributed by atoms with Crippen LogP contribution in [-0.2, 0) is 0 Å². The summed E-state index contributed by atoms with van der Waals surface area (Å²) in [5, 5.41) is 6.43. The summed E-state index contributed by atoms with van der Waals surface area (Å²) in [5.74, 6) is 6.37. The summed E-state index contributed by atoms with van der Waals surface area (Å²) in [4.78, 5) is 2.15. The lowest BCUT2D eigenvalue weighted by Gasteiger charge is -2.17. The van der Waals surface area contributed by atoms with E-state index in [1.165, 1.54) is 16.5 Å². The first-order valence-corrected chi connectivity index (χ1v) is 5.44. The molecule has 0 spiro atoms. The molecule has 0 atom stereocenters. The van der Waals surface area contributed by atoms with Crippen molar-refractivity contribution in [2.24, 2.45) is 10.9 Å². The van der Waals surface area contributed by atoms with Crippen LogP contribution in [0.3, 0.4) is 0 Å². The second-order valence-electron chi connectivity index (χ2n) is 3.88. The fraction of sp³-hybridized carbons (Fsp3) is 0.154. The van der Waals surface area contributed by atoms with E-state index in [1.807, 2.05) is 6.07 Å². The summed E-state index contributed by atoms with van der Waals surface area (Å²) in [6.45, 7) is 2.99. The molecule has 0 unspecified atom stereocenters. The zero-order valence-electron chi connectivity index (χ0n) is 9.14. The Morgan fingerprint density at radius 1 is 1.19 bits per heavy atom. The predicted octanol–water partition coefficient (Wildman–Crippen LogP) is 2.30. The quantitative estimate of drug-likeness (QED) is 0.581. The molecular formula is C13H13N3. The fourth-order valence-corrected chi connectivity index (χ4v) is 2.45. The van der Waals surface area contributed by atoms with Crippen LogP contribution < -0.4 is 10.7 Å². The van der Waals surface area contributed by atoms with Gasteiger partial charge in [0.1, 0.15) is 0 Å². The maximum atomic E-state index is 5.50. The van der Waals surface area contributed by atoms with Gasteiger partial charge in [0.05, 0.1) is 5.69 Å². The highest BCUT2D eigenvalue weighted by Gasteiger charge is 2.26. The lowest BCUT2D eigenvalue weighted by Crippen LogP contribution is -2.28. The van der Waals surface area contributed by atoms with Crippen molar-refractivity contribution in [1.82, 2.24) is 0 Å². The Morgan fingerprint density at radius 2 is 1.94 bits per heavy atom. The van der Waals surface area contributed by atoms with E-state index in [-0.39, 0.29) is 0 Å². The Kier molecular flexibility index (Phi) is 1.86. The van der Waals surface area contributed by atoms with Gasteiger partial charge in [-0.3, -0.25) is 0 Å². The van der Waals surface area contributed by atoms with Crippen LogP contribution in [0, 0.1) is 0 Å². The molecule has 1 aliphatic rings. The molecule has 0 saturated carbocycles. The third-order valence-electron chi connectivity index (χ3n) is 3.11. The number of benzene rings is 2. The van der Waals surface area contributed by atoms with Gasteiger partial charge >= 0.3 is 0 Å². The Labute approximate surface area is 94.2 Å². The predicted molar refractivity (Wildman–Crippen MR) is 67.7 cm³/mol. The summed E-state index contributed by atoms with van der Waals surface area (Å²) in [6.07, 6.45) is 0. The van der Waals surface area contributed by atoms with Crippen molar-refractivity contribution in [2.75, 3.05) is 11.4 Å². The second-order valence-corrected chi connectivity index (χ2v) is 3.88. The summed E-state index contributed by atoms with van der Waals surface area (Å²) >= 11 is 0. The third kappa shape index (κ3) is 0.999. The number of nitrogens with two attached hydrogens (primary N) is 1. The number of amidine groups is 1. The average molecular weight is 211 g/mol. The molecule has 3 rings (SSSR count). The van der Waals surface area contributed by atoms with Crippen LogP contribution in [0.25, 0.3) is 10.8 Å². The minimum atomic E-state index is 0.870. The van der Waals surface area contributed by atoms with Gasteiger partial charge in [0.2, 0.25) is 0 Å². The topological polar surface area (TPSA) is 41.6 Å². The molecule has 1 heterocycles. The molecule has 2 N–H and O–H groups in total. The first-order chi connectivity index (χ1) is 7.86. The monoisotopic (exact) mass is 211 g/mol. The molecular weight excluding hydrogens is 198 g/mol. The van der Waals surface area contributed by atoms with E-state index in [4.69, 9.17) is 5.84 Å². The van der Waals surface area contributed by atoms with Gasteiger partial charge < -0.3 is 10.7 Å². The van der Waals surface area contributed by atoms with E-state index < -0.39 is 0 Å². The Hall–Kier alpha value is -2.03. The average Bonchev–Trinajstić information content (AvgIpc) is 2.65. The van der Waals surface area contributed by atoms with Crippen LogP contribution in [0.2, 0.25) is 0 Å². The van der Waals surface area contributed by atoms with E-state index in [2.05, 4.69) is 47.3 Å². The molecule has 0 saturated heterocycles. The van der Waals surface area contributed by atoms with Gasteiger partial charge in [0.15, 0.2) is 5.84 Å². The van der Waals surface area contributed by atoms with E-state index in [9.17, 15) is 0 Å². The minimum absolute atomic E-state index is 0.870. The van der Waals surface area contributed by atoms with Crippen LogP contribution in [0.4, 0.5) is 5.69 Å². The molecule has 0 bridgehead atoms. The number of hydrazone groups is 1. The van der Waals surface area contributed by atoms with Crippen molar-refractivity contribution >= 4 is 22.3 Å². The van der Waals surface area contributed by atoms with Gasteiger partial charge in [-0.25, -0.2) is 0 Å². The first kappa shape index (κ1) is 9.21. The molecule has 0 aromatic heterocycles. The normalized spacial score (nSPS) is 16.3. The van der Waals surface area contributed by atoms with E-state index >= 15 is 0 Å². The molecule has 1 aliphatic heterocycles. The minimum Gasteiger partial charge on any atom is -0.324 e. The van der Waals surface area contributed by atoms with E-state index in [0.717, 1.165) is 17.9 Å². The lowest BCUT2D eigenvalue weighted by atomic mass is 10.1. The summed E-state index contributed by atoms with van der Waals surface area (Å²) in [6, 6.07) is 12.6. The maximum absolute atomic E-state index is 5.50. The van der Waals surface area contributed by atoms with Gasteiger partial charge in [0.25, 0.3) is 0 Å². The van der Waals surface area contributed by atoms with Crippen LogP contribution >= 0.6 is 0 Å². The van der Waals surface area contributed by atoms with Crippen molar-refractivity contribution in [3.63, 3.8) is 0 Å². The Balaban J connectivity index is 2.43. The van der Waals surface area contributed by atoms with E-state index in [0.29, 0.717) is 0 Å². The van der Waals surface area contributed by atoms with Crippen molar-refractivity contribution in [2.45, 2.75) is 6.92 Å². The van der Waals surface area contributed by atoms with Crippen molar-refractivity contribution in [1.29, 1.82) is 0 Å². The van der Waals surface area contributed by atoms with E-state index in [1.54, 1.807) is 0 Å². The van der Waals surface area contributed by atoms with Crippen LogP contribution in [0.15, 0.2) is 41.5 Å². The first-order valence-electron chi connectivity index (χ1n) is 5.44. The molecule has 0 fully saturated rings. The molecule has 16 heavy (non-hydrogen) atoms. The van der Waals surface area contributed by atoms with Gasteiger partial charge in [-0.2, -0.15) is 5.10 Å². The van der Waals surface area contributed by atoms with Gasteiger partial charge in [-0.05, 0) is 18.4 Å². The molecule has 0 aliphatic carbocycles. The third-order valence-corrected chi connectivity index (χ3v) is 3.11. The van der Waals surface area contributed by atoms with Gasteiger partial charge in [0, 0.05) is 17.5 Å². The molecule has 0 radical (unpaired) electrons. The largest absolute Gasteiger partial charge is 0.324 e. The standard InChI is InChI=1S/C13H13N3/c1-2-16-11-8-4-6-9-5-3-7-10(12(9)11)13(16)15-14/h3-8H,2,14H2,1H3. The van der Waals surface area contributed by atoms with Crippen LogP contribution in [0.1, 0.15) is 12.5 Å². The number of rotatable bonds is 1.